The Bertz CT molecular complexity index is 873. The van der Waals surface area contributed by atoms with Crippen LogP contribution in [0.1, 0.15) is 19.4 Å². The fourth-order valence-electron chi connectivity index (χ4n) is 2.95. The summed E-state index contributed by atoms with van der Waals surface area (Å²) >= 11 is 0. The highest BCUT2D eigenvalue weighted by Crippen LogP contribution is 2.45. The third-order valence-electron chi connectivity index (χ3n) is 4.16. The van der Waals surface area contributed by atoms with E-state index in [-0.39, 0.29) is 17.0 Å². The molecule has 0 aliphatic carbocycles. The lowest BCUT2D eigenvalue weighted by molar-refractivity contribution is -0.385. The first-order chi connectivity index (χ1) is 12.1. The molecule has 0 bridgehead atoms. The van der Waals surface area contributed by atoms with Gasteiger partial charge in [-0.2, -0.15) is 0 Å². The molecule has 1 atom stereocenters. The van der Waals surface area contributed by atoms with Crippen LogP contribution in [0.25, 0.3) is 0 Å². The van der Waals surface area contributed by atoms with Crippen molar-refractivity contribution >= 4 is 17.6 Å². The van der Waals surface area contributed by atoms with Crippen LogP contribution in [0.4, 0.5) is 5.69 Å². The van der Waals surface area contributed by atoms with E-state index in [0.717, 1.165) is 19.2 Å². The molecular formula is C16H16N2O8. The van der Waals surface area contributed by atoms with Gasteiger partial charge in [0.25, 0.3) is 5.69 Å². The Balaban J connectivity index is 2.92. The lowest BCUT2D eigenvalue weighted by atomic mass is 9.75. The predicted octanol–water partition coefficient (Wildman–Crippen LogP) is 1.29. The maximum absolute atomic E-state index is 12.3. The number of rotatable bonds is 4. The zero-order valence-electron chi connectivity index (χ0n) is 14.1. The molecule has 26 heavy (non-hydrogen) atoms. The van der Waals surface area contributed by atoms with Gasteiger partial charge in [0.05, 0.1) is 34.6 Å². The van der Waals surface area contributed by atoms with Gasteiger partial charge >= 0.3 is 11.9 Å². The van der Waals surface area contributed by atoms with Crippen LogP contribution < -0.4 is 0 Å². The lowest BCUT2D eigenvalue weighted by Crippen LogP contribution is -2.45. The van der Waals surface area contributed by atoms with Crippen LogP contribution in [-0.2, 0) is 19.9 Å². The molecule has 2 rings (SSSR count). The highest BCUT2D eigenvalue weighted by atomic mass is 16.6. The number of esters is 1. The lowest BCUT2D eigenvalue weighted by Gasteiger charge is -2.39. The van der Waals surface area contributed by atoms with Crippen LogP contribution in [-0.4, -0.2) is 44.5 Å². The maximum Gasteiger partial charge on any atom is 0.339 e. The molecule has 0 saturated heterocycles. The third-order valence-corrected chi connectivity index (χ3v) is 4.16. The number of allylic oxidation sites excluding steroid dienone is 2. The Hall–Kier alpha value is -3.24. The molecule has 0 amide bonds. The Kier molecular flexibility index (Phi) is 4.83. The molecule has 1 aliphatic rings. The minimum absolute atomic E-state index is 0.173. The van der Waals surface area contributed by atoms with Gasteiger partial charge < -0.3 is 14.9 Å². The molecule has 1 aromatic rings. The largest absolute Gasteiger partial charge is 0.478 e. The SMILES string of the molecule is COC(=O)C1=C(C)N(O)C(C)=C(C(=O)O)[C@@]1(O)c1cccc([N+](=O)[O-])c1. The highest BCUT2D eigenvalue weighted by molar-refractivity contribution is 6.00. The van der Waals surface area contributed by atoms with E-state index in [1.165, 1.54) is 26.0 Å². The van der Waals surface area contributed by atoms with E-state index in [1.54, 1.807) is 0 Å². The highest BCUT2D eigenvalue weighted by Gasteiger charge is 2.51. The van der Waals surface area contributed by atoms with Crippen molar-refractivity contribution in [3.05, 3.63) is 62.5 Å². The zero-order valence-corrected chi connectivity index (χ0v) is 14.1. The number of methoxy groups -OCH3 is 1. The minimum atomic E-state index is -2.57. The summed E-state index contributed by atoms with van der Waals surface area (Å²) in [5.41, 5.74) is -4.93. The molecular weight excluding hydrogens is 348 g/mol. The summed E-state index contributed by atoms with van der Waals surface area (Å²) < 4.78 is 4.62. The number of aliphatic carboxylic acids is 1. The molecule has 3 N–H and O–H groups in total. The first kappa shape index (κ1) is 19.1. The van der Waals surface area contributed by atoms with Crippen molar-refractivity contribution in [2.24, 2.45) is 0 Å². The van der Waals surface area contributed by atoms with E-state index in [9.17, 15) is 35.1 Å². The van der Waals surface area contributed by atoms with Crippen LogP contribution >= 0.6 is 0 Å². The first-order valence-corrected chi connectivity index (χ1v) is 7.28. The number of hydrogen-bond donors (Lipinski definition) is 3. The quantitative estimate of drug-likeness (QED) is 0.408. The number of benzene rings is 1. The molecule has 0 saturated carbocycles. The van der Waals surface area contributed by atoms with Gasteiger partial charge in [-0.05, 0) is 13.8 Å². The second kappa shape index (κ2) is 6.58. The normalized spacial score (nSPS) is 20.3. The first-order valence-electron chi connectivity index (χ1n) is 7.28. The average Bonchev–Trinajstić information content (AvgIpc) is 2.59. The number of hydrogen-bond acceptors (Lipinski definition) is 8. The summed E-state index contributed by atoms with van der Waals surface area (Å²) in [6, 6.07) is 4.60. The van der Waals surface area contributed by atoms with Gasteiger partial charge in [0, 0.05) is 17.7 Å². The van der Waals surface area contributed by atoms with Crippen LogP contribution in [0.15, 0.2) is 46.8 Å². The Morgan fingerprint density at radius 1 is 1.23 bits per heavy atom. The standard InChI is InChI=1S/C16H16N2O8/c1-8-12(14(19)20)16(22,10-5-4-6-11(7-10)18(24)25)13(15(21)26-3)9(2)17(8)23/h4-7,22-23H,1-3H3,(H,19,20)/t16-/m0/s1. The van der Waals surface area contributed by atoms with Crippen molar-refractivity contribution in [3.8, 4) is 0 Å². The smallest absolute Gasteiger partial charge is 0.339 e. The maximum atomic E-state index is 12.3. The van der Waals surface area contributed by atoms with Gasteiger partial charge in [-0.3, -0.25) is 15.3 Å². The molecule has 0 unspecified atom stereocenters. The second-order valence-electron chi connectivity index (χ2n) is 5.55. The van der Waals surface area contributed by atoms with Crippen LogP contribution in [0.3, 0.4) is 0 Å². The number of nitro benzene ring substituents is 1. The molecule has 0 spiro atoms. The van der Waals surface area contributed by atoms with Crippen molar-refractivity contribution in [2.75, 3.05) is 7.11 Å². The Morgan fingerprint density at radius 3 is 2.31 bits per heavy atom. The summed E-state index contributed by atoms with van der Waals surface area (Å²) in [4.78, 5) is 34.4. The number of carboxylic acid groups (broad SMARTS) is 1. The van der Waals surface area contributed by atoms with E-state index >= 15 is 0 Å². The minimum Gasteiger partial charge on any atom is -0.478 e. The Labute approximate surface area is 147 Å². The van der Waals surface area contributed by atoms with Crippen molar-refractivity contribution in [1.29, 1.82) is 0 Å². The fourth-order valence-corrected chi connectivity index (χ4v) is 2.95. The summed E-state index contributed by atoms with van der Waals surface area (Å²) in [6.45, 7) is 2.50. The van der Waals surface area contributed by atoms with Gasteiger partial charge in [-0.25, -0.2) is 14.7 Å². The zero-order chi connectivity index (χ0) is 19.8. The number of non-ortho nitro benzene ring substituents is 1. The van der Waals surface area contributed by atoms with Gasteiger partial charge in [-0.15, -0.1) is 0 Å². The molecule has 0 radical (unpaired) electrons. The van der Waals surface area contributed by atoms with Crippen LogP contribution in [0, 0.1) is 10.1 Å². The number of carbonyl (C=O) groups excluding carboxylic acids is 1. The summed E-state index contributed by atoms with van der Waals surface area (Å²) in [5, 5.41) is 42.6. The molecule has 138 valence electrons. The van der Waals surface area contributed by atoms with Gasteiger partial charge in [0.2, 0.25) is 0 Å². The summed E-state index contributed by atoms with van der Waals surface area (Å²) in [6.07, 6.45) is 0. The number of aliphatic hydroxyl groups is 1. The molecule has 10 nitrogen and oxygen atoms in total. The molecule has 0 fully saturated rings. The van der Waals surface area contributed by atoms with Gasteiger partial charge in [0.15, 0.2) is 5.60 Å². The van der Waals surface area contributed by atoms with Gasteiger partial charge in [0.1, 0.15) is 0 Å². The Morgan fingerprint density at radius 2 is 1.81 bits per heavy atom. The van der Waals surface area contributed by atoms with Crippen molar-refractivity contribution in [3.63, 3.8) is 0 Å². The van der Waals surface area contributed by atoms with Crippen molar-refractivity contribution < 1.29 is 34.7 Å². The molecule has 10 heteroatoms. The number of nitrogens with zero attached hydrogens (tertiary/aromatic N) is 2. The number of nitro groups is 1. The molecule has 1 aliphatic heterocycles. The van der Waals surface area contributed by atoms with Crippen molar-refractivity contribution in [1.82, 2.24) is 5.06 Å². The third kappa shape index (κ3) is 2.70. The van der Waals surface area contributed by atoms with E-state index in [0.29, 0.717) is 5.06 Å². The number of carbonyl (C=O) groups is 2. The fraction of sp³-hybridized carbons (Fsp3) is 0.250. The van der Waals surface area contributed by atoms with Crippen LogP contribution in [0.2, 0.25) is 0 Å². The van der Waals surface area contributed by atoms with E-state index < -0.39 is 39.3 Å². The number of carboxylic acids is 1. The number of ether oxygens (including phenoxy) is 1. The van der Waals surface area contributed by atoms with E-state index in [1.807, 2.05) is 0 Å². The molecule has 0 aromatic heterocycles. The summed E-state index contributed by atoms with van der Waals surface area (Å²) in [5.74, 6) is -2.72. The van der Waals surface area contributed by atoms with E-state index in [2.05, 4.69) is 4.74 Å². The molecule has 1 aromatic carbocycles. The summed E-state index contributed by atoms with van der Waals surface area (Å²) in [7, 11) is 1.02. The predicted molar refractivity (Wildman–Crippen MR) is 85.7 cm³/mol. The van der Waals surface area contributed by atoms with Crippen molar-refractivity contribution in [2.45, 2.75) is 19.4 Å². The monoisotopic (exact) mass is 364 g/mol. The average molecular weight is 364 g/mol. The second-order valence-corrected chi connectivity index (χ2v) is 5.55. The van der Waals surface area contributed by atoms with E-state index in [4.69, 9.17) is 0 Å². The number of hydroxylamine groups is 2. The van der Waals surface area contributed by atoms with Crippen LogP contribution in [0.5, 0.6) is 0 Å². The van der Waals surface area contributed by atoms with Gasteiger partial charge in [-0.1, -0.05) is 12.1 Å². The topological polar surface area (TPSA) is 150 Å². The molecule has 1 heterocycles.